The van der Waals surface area contributed by atoms with Gasteiger partial charge in [-0.15, -0.1) is 0 Å². The second-order valence-corrected chi connectivity index (χ2v) is 9.76. The van der Waals surface area contributed by atoms with Gasteiger partial charge in [0.05, 0.1) is 29.2 Å². The van der Waals surface area contributed by atoms with Crippen LogP contribution in [0.5, 0.6) is 5.75 Å². The molecule has 1 aliphatic rings. The number of carbonyl (C=O) groups excluding carboxylic acids is 1. The molecule has 1 unspecified atom stereocenters. The van der Waals surface area contributed by atoms with Crippen molar-refractivity contribution in [2.75, 3.05) is 25.1 Å². The summed E-state index contributed by atoms with van der Waals surface area (Å²) in [4.78, 5) is 28.0. The Hall–Kier alpha value is -2.36. The number of carbonyl (C=O) groups is 2. The molecule has 1 atom stereocenters. The zero-order valence-corrected chi connectivity index (χ0v) is 21.2. The molecule has 0 spiro atoms. The number of benzene rings is 1. The van der Waals surface area contributed by atoms with Crippen LogP contribution in [0.1, 0.15) is 54.6 Å². The molecule has 1 fully saturated rings. The minimum atomic E-state index is -0.736. The number of pyridine rings is 1. The first-order valence-electron chi connectivity index (χ1n) is 11.2. The van der Waals surface area contributed by atoms with Crippen molar-refractivity contribution in [3.05, 3.63) is 51.1 Å². The lowest BCUT2D eigenvalue weighted by molar-refractivity contribution is -0.143. The Balaban J connectivity index is 1.59. The Morgan fingerprint density at radius 2 is 2.00 bits per heavy atom. The number of hydrogen-bond acceptors (Lipinski definition) is 6. The number of anilines is 1. The number of nitrogens with zero attached hydrogens (tertiary/aromatic N) is 1. The molecule has 0 radical (unpaired) electrons. The van der Waals surface area contributed by atoms with E-state index in [1.807, 2.05) is 25.1 Å². The van der Waals surface area contributed by atoms with Crippen molar-refractivity contribution in [1.82, 2.24) is 10.3 Å². The lowest BCUT2D eigenvalue weighted by atomic mass is 9.82. The van der Waals surface area contributed by atoms with Crippen molar-refractivity contribution in [3.63, 3.8) is 0 Å². The third-order valence-corrected chi connectivity index (χ3v) is 6.77. The predicted molar refractivity (Wildman–Crippen MR) is 133 cm³/mol. The van der Waals surface area contributed by atoms with Crippen molar-refractivity contribution >= 4 is 45.2 Å². The number of aromatic nitrogens is 1. The number of aliphatic hydroxyl groups excluding tert-OH is 1. The average Bonchev–Trinajstić information content (AvgIpc) is 2.83. The van der Waals surface area contributed by atoms with Gasteiger partial charge in [-0.1, -0.05) is 27.5 Å². The number of hydrogen-bond donors (Lipinski definition) is 4. The van der Waals surface area contributed by atoms with Crippen LogP contribution in [0.4, 0.5) is 5.82 Å². The van der Waals surface area contributed by atoms with Crippen LogP contribution < -0.4 is 15.4 Å². The smallest absolute Gasteiger partial charge is 0.306 e. The van der Waals surface area contributed by atoms with E-state index in [1.165, 1.54) is 6.20 Å². The third-order valence-electron chi connectivity index (χ3n) is 5.99. The molecule has 1 saturated carbocycles. The molecular formula is C24H29BrClN3O5. The molecule has 0 saturated heterocycles. The van der Waals surface area contributed by atoms with Crippen LogP contribution in [0.25, 0.3) is 0 Å². The Morgan fingerprint density at radius 3 is 2.65 bits per heavy atom. The van der Waals surface area contributed by atoms with E-state index in [0.29, 0.717) is 41.5 Å². The maximum Gasteiger partial charge on any atom is 0.306 e. The van der Waals surface area contributed by atoms with E-state index in [9.17, 15) is 9.59 Å². The Bertz CT molecular complexity index is 1010. The predicted octanol–water partition coefficient (Wildman–Crippen LogP) is 4.66. The van der Waals surface area contributed by atoms with Crippen LogP contribution in [0.15, 0.2) is 34.9 Å². The lowest BCUT2D eigenvalue weighted by Crippen LogP contribution is -2.32. The SMILES string of the molecule is CC(Nc1ncc(C(=O)NCC2CCC(C(=O)O)CC2)cc1Cl)c1cc(Br)ccc1OCCO. The van der Waals surface area contributed by atoms with Crippen LogP contribution in [0.3, 0.4) is 0 Å². The number of carboxylic acids is 1. The van der Waals surface area contributed by atoms with Crippen molar-refractivity contribution < 1.29 is 24.5 Å². The zero-order chi connectivity index (χ0) is 24.7. The van der Waals surface area contributed by atoms with Gasteiger partial charge in [-0.25, -0.2) is 4.98 Å². The van der Waals surface area contributed by atoms with E-state index in [1.54, 1.807) is 6.07 Å². The second kappa shape index (κ2) is 12.4. The first kappa shape index (κ1) is 26.2. The zero-order valence-electron chi connectivity index (χ0n) is 18.9. The molecule has 0 aliphatic heterocycles. The number of halogens is 2. The van der Waals surface area contributed by atoms with Gasteiger partial charge in [0.2, 0.25) is 0 Å². The molecule has 2 aromatic rings. The molecule has 8 nitrogen and oxygen atoms in total. The highest BCUT2D eigenvalue weighted by atomic mass is 79.9. The summed E-state index contributed by atoms with van der Waals surface area (Å²) in [6.45, 7) is 2.54. The van der Waals surface area contributed by atoms with Crippen molar-refractivity contribution in [2.45, 2.75) is 38.6 Å². The Labute approximate surface area is 212 Å². The van der Waals surface area contributed by atoms with Crippen LogP contribution in [0.2, 0.25) is 5.02 Å². The summed E-state index contributed by atoms with van der Waals surface area (Å²) in [5, 5.41) is 24.6. The number of aliphatic hydroxyl groups is 1. The number of carboxylic acid groups (broad SMARTS) is 1. The minimum absolute atomic E-state index is 0.0855. The Kier molecular flexibility index (Phi) is 9.55. The van der Waals surface area contributed by atoms with Crippen LogP contribution in [-0.2, 0) is 4.79 Å². The van der Waals surface area contributed by atoms with Gasteiger partial charge in [0, 0.05) is 22.8 Å². The van der Waals surface area contributed by atoms with Gasteiger partial charge in [-0.05, 0) is 62.8 Å². The van der Waals surface area contributed by atoms with Gasteiger partial charge in [0.25, 0.3) is 5.91 Å². The van der Waals surface area contributed by atoms with Gasteiger partial charge < -0.3 is 25.6 Å². The minimum Gasteiger partial charge on any atom is -0.491 e. The summed E-state index contributed by atoms with van der Waals surface area (Å²) in [7, 11) is 0. The maximum atomic E-state index is 12.6. The van der Waals surface area contributed by atoms with E-state index in [2.05, 4.69) is 31.5 Å². The largest absolute Gasteiger partial charge is 0.491 e. The highest BCUT2D eigenvalue weighted by Crippen LogP contribution is 2.32. The topological polar surface area (TPSA) is 121 Å². The van der Waals surface area contributed by atoms with Gasteiger partial charge in [0.1, 0.15) is 18.2 Å². The fourth-order valence-electron chi connectivity index (χ4n) is 4.05. The normalized spacial score (nSPS) is 18.7. The summed E-state index contributed by atoms with van der Waals surface area (Å²) in [5.41, 5.74) is 1.22. The van der Waals surface area contributed by atoms with E-state index in [4.69, 9.17) is 26.6 Å². The third kappa shape index (κ3) is 7.07. The summed E-state index contributed by atoms with van der Waals surface area (Å²) in [6, 6.07) is 6.97. The van der Waals surface area contributed by atoms with Gasteiger partial charge >= 0.3 is 5.97 Å². The van der Waals surface area contributed by atoms with Crippen molar-refractivity contribution in [2.24, 2.45) is 11.8 Å². The van der Waals surface area contributed by atoms with Gasteiger partial charge in [-0.3, -0.25) is 9.59 Å². The molecule has 1 aromatic carbocycles. The van der Waals surface area contributed by atoms with E-state index < -0.39 is 5.97 Å². The lowest BCUT2D eigenvalue weighted by Gasteiger charge is -2.26. The van der Waals surface area contributed by atoms with Crippen LogP contribution >= 0.6 is 27.5 Å². The van der Waals surface area contributed by atoms with E-state index in [0.717, 1.165) is 22.9 Å². The monoisotopic (exact) mass is 553 g/mol. The number of aliphatic carboxylic acids is 1. The molecule has 34 heavy (non-hydrogen) atoms. The number of ether oxygens (including phenoxy) is 1. The first-order chi connectivity index (χ1) is 16.3. The summed E-state index contributed by atoms with van der Waals surface area (Å²) in [6.07, 6.45) is 4.34. The molecule has 1 aromatic heterocycles. The number of nitrogens with one attached hydrogen (secondary N) is 2. The standard InChI is InChI=1S/C24H29BrClN3O5/c1-14(19-11-18(25)6-7-21(19)34-9-8-30)29-22-20(26)10-17(13-27-22)23(31)28-12-15-2-4-16(5-3-15)24(32)33/h6-7,10-11,13-16,30H,2-5,8-9,12H2,1H3,(H,27,29)(H,28,31)(H,32,33). The van der Waals surface area contributed by atoms with E-state index >= 15 is 0 Å². The first-order valence-corrected chi connectivity index (χ1v) is 12.4. The highest BCUT2D eigenvalue weighted by Gasteiger charge is 2.26. The fraction of sp³-hybridized carbons (Fsp3) is 0.458. The van der Waals surface area contributed by atoms with Crippen molar-refractivity contribution in [1.29, 1.82) is 0 Å². The van der Waals surface area contributed by atoms with E-state index in [-0.39, 0.29) is 37.0 Å². The second-order valence-electron chi connectivity index (χ2n) is 8.44. The molecule has 184 valence electrons. The molecule has 10 heteroatoms. The number of amides is 1. The van der Waals surface area contributed by atoms with Crippen LogP contribution in [0, 0.1) is 11.8 Å². The molecule has 0 bridgehead atoms. The fourth-order valence-corrected chi connectivity index (χ4v) is 4.65. The molecule has 3 rings (SSSR count). The molecule has 1 heterocycles. The average molecular weight is 555 g/mol. The molecule has 4 N–H and O–H groups in total. The number of rotatable bonds is 10. The van der Waals surface area contributed by atoms with Gasteiger partial charge in [0.15, 0.2) is 0 Å². The Morgan fingerprint density at radius 1 is 1.26 bits per heavy atom. The molecular weight excluding hydrogens is 526 g/mol. The highest BCUT2D eigenvalue weighted by molar-refractivity contribution is 9.10. The van der Waals surface area contributed by atoms with Crippen LogP contribution in [-0.4, -0.2) is 46.8 Å². The summed E-state index contributed by atoms with van der Waals surface area (Å²) in [5.74, 6) is 0.0811. The maximum absolute atomic E-state index is 12.6. The quantitative estimate of drug-likeness (QED) is 0.337. The summed E-state index contributed by atoms with van der Waals surface area (Å²) >= 11 is 9.89. The van der Waals surface area contributed by atoms with Crippen molar-refractivity contribution in [3.8, 4) is 5.75 Å². The van der Waals surface area contributed by atoms with Gasteiger partial charge in [-0.2, -0.15) is 0 Å². The summed E-state index contributed by atoms with van der Waals surface area (Å²) < 4.78 is 6.51. The molecule has 1 aliphatic carbocycles. The molecule has 1 amide bonds.